The summed E-state index contributed by atoms with van der Waals surface area (Å²) in [5, 5.41) is 8.33. The molecule has 1 saturated carbocycles. The summed E-state index contributed by atoms with van der Waals surface area (Å²) in [6.45, 7) is 2.39. The zero-order valence-corrected chi connectivity index (χ0v) is 16.0. The Hall–Kier alpha value is -3.02. The molecule has 3 rings (SSSR count). The van der Waals surface area contributed by atoms with Crippen LogP contribution in [0.4, 0.5) is 5.69 Å². The predicted octanol–water partition coefficient (Wildman–Crippen LogP) is 4.79. The van der Waals surface area contributed by atoms with Crippen molar-refractivity contribution in [3.05, 3.63) is 60.2 Å². The van der Waals surface area contributed by atoms with E-state index in [9.17, 15) is 9.59 Å². The van der Waals surface area contributed by atoms with Gasteiger partial charge in [0.25, 0.3) is 0 Å². The maximum atomic E-state index is 12.5. The molecular formula is C22H24N2O4. The normalized spacial score (nSPS) is 19.5. The van der Waals surface area contributed by atoms with Gasteiger partial charge in [0.1, 0.15) is 12.4 Å². The van der Waals surface area contributed by atoms with Crippen LogP contribution in [0.15, 0.2) is 64.8 Å². The molecule has 28 heavy (non-hydrogen) atoms. The molecule has 0 amide bonds. The molecule has 0 N–H and O–H groups in total. The van der Waals surface area contributed by atoms with Gasteiger partial charge in [-0.25, -0.2) is 4.79 Å². The summed E-state index contributed by atoms with van der Waals surface area (Å²) < 4.78 is 10.9. The number of esters is 1. The Labute approximate surface area is 164 Å². The van der Waals surface area contributed by atoms with Crippen LogP contribution in [0.2, 0.25) is 0 Å². The summed E-state index contributed by atoms with van der Waals surface area (Å²) in [4.78, 5) is 24.9. The molecule has 1 aliphatic rings. The molecule has 2 aromatic carbocycles. The fraction of sp³-hybridized carbons (Fsp3) is 0.364. The first-order valence-corrected chi connectivity index (χ1v) is 9.54. The molecule has 1 atom stereocenters. The van der Waals surface area contributed by atoms with E-state index >= 15 is 0 Å². The van der Waals surface area contributed by atoms with E-state index in [1.165, 1.54) is 0 Å². The van der Waals surface area contributed by atoms with Gasteiger partial charge in [-0.15, -0.1) is 0 Å². The molecule has 1 aliphatic carbocycles. The van der Waals surface area contributed by atoms with Gasteiger partial charge in [-0.1, -0.05) is 30.3 Å². The highest BCUT2D eigenvalue weighted by molar-refractivity contribution is 6.09. The van der Waals surface area contributed by atoms with E-state index in [2.05, 4.69) is 10.2 Å². The van der Waals surface area contributed by atoms with E-state index in [0.717, 1.165) is 18.4 Å². The van der Waals surface area contributed by atoms with Crippen molar-refractivity contribution in [3.63, 3.8) is 0 Å². The molecule has 2 aromatic rings. The lowest BCUT2D eigenvalue weighted by atomic mass is 9.81. The van der Waals surface area contributed by atoms with E-state index in [4.69, 9.17) is 9.47 Å². The molecule has 0 radical (unpaired) electrons. The van der Waals surface area contributed by atoms with Crippen LogP contribution in [0.25, 0.3) is 0 Å². The monoisotopic (exact) mass is 380 g/mol. The number of ketones is 1. The molecule has 0 spiro atoms. The Kier molecular flexibility index (Phi) is 6.53. The van der Waals surface area contributed by atoms with Crippen LogP contribution in [-0.4, -0.2) is 23.9 Å². The van der Waals surface area contributed by atoms with Crippen molar-refractivity contribution < 1.29 is 19.1 Å². The van der Waals surface area contributed by atoms with Crippen molar-refractivity contribution >= 4 is 17.4 Å². The SMILES string of the molecule is CCOC(=O)C1(N=Nc2ccc(OCc3ccccc3)cc2)CCCCC1=O. The van der Waals surface area contributed by atoms with Crippen molar-refractivity contribution in [2.24, 2.45) is 10.2 Å². The zero-order chi connectivity index (χ0) is 19.8. The average Bonchev–Trinajstić information content (AvgIpc) is 2.73. The van der Waals surface area contributed by atoms with E-state index in [1.807, 2.05) is 30.3 Å². The van der Waals surface area contributed by atoms with Gasteiger partial charge in [-0.3, -0.25) is 4.79 Å². The Morgan fingerprint density at radius 3 is 2.50 bits per heavy atom. The molecule has 1 unspecified atom stereocenters. The second-order valence-corrected chi connectivity index (χ2v) is 6.68. The van der Waals surface area contributed by atoms with E-state index < -0.39 is 11.5 Å². The highest BCUT2D eigenvalue weighted by Gasteiger charge is 2.48. The van der Waals surface area contributed by atoms with E-state index in [-0.39, 0.29) is 12.4 Å². The Bertz CT molecular complexity index is 833. The number of nitrogens with zero attached hydrogens (tertiary/aromatic N) is 2. The number of carbonyl (C=O) groups is 2. The van der Waals surface area contributed by atoms with Gasteiger partial charge in [-0.05, 0) is 56.0 Å². The first-order valence-electron chi connectivity index (χ1n) is 9.54. The van der Waals surface area contributed by atoms with Crippen LogP contribution in [0.5, 0.6) is 5.75 Å². The summed E-state index contributed by atoms with van der Waals surface area (Å²) in [7, 11) is 0. The van der Waals surface area contributed by atoms with E-state index in [0.29, 0.717) is 30.9 Å². The van der Waals surface area contributed by atoms with Gasteiger partial charge in [0, 0.05) is 6.42 Å². The van der Waals surface area contributed by atoms with Gasteiger partial charge < -0.3 is 9.47 Å². The standard InChI is InChI=1S/C22H24N2O4/c1-2-27-21(26)22(15-7-6-10-20(22)25)24-23-18-11-13-19(14-12-18)28-16-17-8-4-3-5-9-17/h3-5,8-9,11-14H,2,6-7,10,15-16H2,1H3. The predicted molar refractivity (Wildman–Crippen MR) is 105 cm³/mol. The van der Waals surface area contributed by atoms with Crippen molar-refractivity contribution in [1.82, 2.24) is 0 Å². The van der Waals surface area contributed by atoms with Crippen LogP contribution in [-0.2, 0) is 20.9 Å². The first-order chi connectivity index (χ1) is 13.6. The van der Waals surface area contributed by atoms with Crippen LogP contribution < -0.4 is 4.74 Å². The minimum Gasteiger partial charge on any atom is -0.489 e. The number of Topliss-reactive ketones (excluding diaryl/α,β-unsaturated/α-hetero) is 1. The minimum absolute atomic E-state index is 0.205. The maximum Gasteiger partial charge on any atom is 0.343 e. The van der Waals surface area contributed by atoms with Crippen LogP contribution in [0.1, 0.15) is 38.2 Å². The number of rotatable bonds is 7. The molecule has 6 heteroatoms. The Morgan fingerprint density at radius 1 is 1.07 bits per heavy atom. The number of ether oxygens (including phenoxy) is 2. The molecule has 146 valence electrons. The molecule has 0 saturated heterocycles. The smallest absolute Gasteiger partial charge is 0.343 e. The van der Waals surface area contributed by atoms with Gasteiger partial charge in [0.15, 0.2) is 5.78 Å². The fourth-order valence-corrected chi connectivity index (χ4v) is 3.12. The third-order valence-corrected chi connectivity index (χ3v) is 4.69. The average molecular weight is 380 g/mol. The summed E-state index contributed by atoms with van der Waals surface area (Å²) >= 11 is 0. The number of azo groups is 1. The maximum absolute atomic E-state index is 12.5. The van der Waals surface area contributed by atoms with Crippen molar-refractivity contribution in [3.8, 4) is 5.75 Å². The number of benzene rings is 2. The molecule has 6 nitrogen and oxygen atoms in total. The molecule has 0 bridgehead atoms. The van der Waals surface area contributed by atoms with Crippen LogP contribution in [0.3, 0.4) is 0 Å². The number of carbonyl (C=O) groups excluding carboxylic acids is 2. The molecule has 0 aliphatic heterocycles. The largest absolute Gasteiger partial charge is 0.489 e. The van der Waals surface area contributed by atoms with Gasteiger partial charge in [-0.2, -0.15) is 10.2 Å². The quantitative estimate of drug-likeness (QED) is 0.393. The topological polar surface area (TPSA) is 77.3 Å². The number of hydrogen-bond donors (Lipinski definition) is 0. The Morgan fingerprint density at radius 2 is 1.82 bits per heavy atom. The fourth-order valence-electron chi connectivity index (χ4n) is 3.12. The molecule has 1 fully saturated rings. The first kappa shape index (κ1) is 19.7. The van der Waals surface area contributed by atoms with Crippen molar-refractivity contribution in [2.45, 2.75) is 44.8 Å². The molecular weight excluding hydrogens is 356 g/mol. The lowest BCUT2D eigenvalue weighted by Gasteiger charge is -2.28. The van der Waals surface area contributed by atoms with Gasteiger partial charge in [0.2, 0.25) is 5.54 Å². The third kappa shape index (κ3) is 4.63. The lowest BCUT2D eigenvalue weighted by molar-refractivity contribution is -0.155. The summed E-state index contributed by atoms with van der Waals surface area (Å²) in [5.74, 6) is -0.119. The zero-order valence-electron chi connectivity index (χ0n) is 16.0. The van der Waals surface area contributed by atoms with Gasteiger partial charge in [0.05, 0.1) is 12.3 Å². The Balaban J connectivity index is 1.69. The summed E-state index contributed by atoms with van der Waals surface area (Å²) in [5.41, 5.74) is 0.129. The molecule has 0 aromatic heterocycles. The minimum atomic E-state index is -1.50. The third-order valence-electron chi connectivity index (χ3n) is 4.69. The van der Waals surface area contributed by atoms with E-state index in [1.54, 1.807) is 31.2 Å². The van der Waals surface area contributed by atoms with Crippen LogP contribution >= 0.6 is 0 Å². The number of hydrogen-bond acceptors (Lipinski definition) is 6. The van der Waals surface area contributed by atoms with Crippen molar-refractivity contribution in [2.75, 3.05) is 6.61 Å². The highest BCUT2D eigenvalue weighted by atomic mass is 16.5. The highest BCUT2D eigenvalue weighted by Crippen LogP contribution is 2.32. The van der Waals surface area contributed by atoms with Gasteiger partial charge >= 0.3 is 5.97 Å². The second kappa shape index (κ2) is 9.26. The lowest BCUT2D eigenvalue weighted by Crippen LogP contribution is -2.47. The molecule has 0 heterocycles. The van der Waals surface area contributed by atoms with Crippen molar-refractivity contribution in [1.29, 1.82) is 0 Å². The van der Waals surface area contributed by atoms with Crippen LogP contribution in [0, 0.1) is 0 Å². The summed E-state index contributed by atoms with van der Waals surface area (Å²) in [6.07, 6.45) is 2.18. The summed E-state index contributed by atoms with van der Waals surface area (Å²) in [6, 6.07) is 17.0. The second-order valence-electron chi connectivity index (χ2n) is 6.68.